The first-order valence-corrected chi connectivity index (χ1v) is 3.81. The van der Waals surface area contributed by atoms with E-state index in [9.17, 15) is 4.79 Å². The number of carbonyl (C=O) groups is 1. The summed E-state index contributed by atoms with van der Waals surface area (Å²) in [5.41, 5.74) is 5.31. The maximum absolute atomic E-state index is 11.1. The second-order valence-electron chi connectivity index (χ2n) is 2.16. The molecule has 0 saturated heterocycles. The summed E-state index contributed by atoms with van der Waals surface area (Å²) in [5.74, 6) is -0.590. The zero-order valence-electron chi connectivity index (χ0n) is 7.35. The molecule has 5 heteroatoms. The fourth-order valence-corrected chi connectivity index (χ4v) is 0.698. The Morgan fingerprint density at radius 2 is 2.17 bits per heavy atom. The Balaban J connectivity index is 4.34. The summed E-state index contributed by atoms with van der Waals surface area (Å²) in [7, 11) is 0. The van der Waals surface area contributed by atoms with E-state index in [0.717, 1.165) is 0 Å². The number of carbonyl (C=O) groups excluding carboxylic acids is 1. The molecule has 12 heavy (non-hydrogen) atoms. The normalized spacial score (nSPS) is 11.0. The molecular formula is C7H14N4O. The van der Waals surface area contributed by atoms with Gasteiger partial charge in [-0.25, -0.2) is 4.99 Å². The van der Waals surface area contributed by atoms with Crippen molar-refractivity contribution in [3.8, 4) is 0 Å². The molecule has 0 radical (unpaired) electrons. The highest BCUT2D eigenvalue weighted by Crippen LogP contribution is 1.86. The molecule has 0 bridgehead atoms. The first-order valence-electron chi connectivity index (χ1n) is 3.81. The van der Waals surface area contributed by atoms with E-state index < -0.39 is 0 Å². The number of rotatable bonds is 3. The van der Waals surface area contributed by atoms with Crippen LogP contribution in [0.5, 0.6) is 0 Å². The Bertz CT molecular complexity index is 209. The smallest absolute Gasteiger partial charge is 0.265 e. The van der Waals surface area contributed by atoms with Crippen molar-refractivity contribution in [3.63, 3.8) is 0 Å². The average molecular weight is 170 g/mol. The van der Waals surface area contributed by atoms with Crippen LogP contribution in [0.3, 0.4) is 0 Å². The molecule has 0 aliphatic rings. The Kier molecular flexibility index (Phi) is 4.67. The molecule has 4 N–H and O–H groups in total. The number of guanidine groups is 1. The van der Waals surface area contributed by atoms with Crippen LogP contribution in [0, 0.1) is 5.41 Å². The van der Waals surface area contributed by atoms with Gasteiger partial charge in [-0.15, -0.1) is 0 Å². The van der Waals surface area contributed by atoms with Gasteiger partial charge in [-0.2, -0.15) is 0 Å². The molecule has 1 amide bonds. The number of hydrogen-bond acceptors (Lipinski definition) is 2. The van der Waals surface area contributed by atoms with Gasteiger partial charge < -0.3 is 11.1 Å². The van der Waals surface area contributed by atoms with Crippen LogP contribution in [0.2, 0.25) is 0 Å². The molecule has 0 heterocycles. The van der Waals surface area contributed by atoms with E-state index in [0.29, 0.717) is 18.7 Å². The topological polar surface area (TPSA) is 91.3 Å². The third kappa shape index (κ3) is 3.70. The maximum Gasteiger partial charge on any atom is 0.265 e. The maximum atomic E-state index is 11.1. The van der Waals surface area contributed by atoms with Gasteiger partial charge in [0.2, 0.25) is 5.96 Å². The molecule has 0 saturated carbocycles. The summed E-state index contributed by atoms with van der Waals surface area (Å²) in [6, 6.07) is 0. The van der Waals surface area contributed by atoms with Crippen LogP contribution in [0.1, 0.15) is 20.3 Å². The lowest BCUT2D eigenvalue weighted by Crippen LogP contribution is -2.31. The van der Waals surface area contributed by atoms with E-state index >= 15 is 0 Å². The summed E-state index contributed by atoms with van der Waals surface area (Å²) >= 11 is 0. The summed E-state index contributed by atoms with van der Waals surface area (Å²) < 4.78 is 0. The van der Waals surface area contributed by atoms with Gasteiger partial charge in [-0.3, -0.25) is 10.2 Å². The van der Waals surface area contributed by atoms with E-state index in [1.54, 1.807) is 6.92 Å². The van der Waals surface area contributed by atoms with E-state index in [1.165, 1.54) is 0 Å². The number of amides is 1. The molecule has 0 rings (SSSR count). The molecule has 0 aromatic heterocycles. The predicted octanol–water partition coefficient (Wildman–Crippen LogP) is -0.133. The van der Waals surface area contributed by atoms with Crippen molar-refractivity contribution in [2.24, 2.45) is 10.7 Å². The van der Waals surface area contributed by atoms with Crippen LogP contribution in [-0.2, 0) is 4.79 Å². The van der Waals surface area contributed by atoms with Gasteiger partial charge in [0.25, 0.3) is 5.91 Å². The molecule has 0 atom stereocenters. The summed E-state index contributed by atoms with van der Waals surface area (Å²) in [4.78, 5) is 14.7. The lowest BCUT2D eigenvalue weighted by Gasteiger charge is -2.02. The van der Waals surface area contributed by atoms with Gasteiger partial charge in [0.1, 0.15) is 5.71 Å². The molecule has 0 spiro atoms. The van der Waals surface area contributed by atoms with Crippen molar-refractivity contribution in [2.75, 3.05) is 6.54 Å². The standard InChI is InChI=1S/C7H14N4O/c1-3-5(11-7(8)9)6(12)10-4-2/h3-4H2,1-2H3,(H3,8,9)(H,10,12). The van der Waals surface area contributed by atoms with E-state index in [1.807, 2.05) is 6.92 Å². The molecular weight excluding hydrogens is 156 g/mol. The van der Waals surface area contributed by atoms with Crippen LogP contribution in [0.4, 0.5) is 0 Å². The van der Waals surface area contributed by atoms with Crippen molar-refractivity contribution >= 4 is 17.6 Å². The zero-order chi connectivity index (χ0) is 9.56. The lowest BCUT2D eigenvalue weighted by molar-refractivity contribution is -0.114. The highest BCUT2D eigenvalue weighted by Gasteiger charge is 2.07. The number of hydrogen-bond donors (Lipinski definition) is 3. The number of aliphatic imine (C=N–C) groups is 1. The lowest BCUT2D eigenvalue weighted by atomic mass is 10.3. The van der Waals surface area contributed by atoms with E-state index in [-0.39, 0.29) is 11.9 Å². The molecule has 0 aliphatic carbocycles. The minimum absolute atomic E-state index is 0.254. The summed E-state index contributed by atoms with van der Waals surface area (Å²) in [6.07, 6.45) is 0.478. The van der Waals surface area contributed by atoms with Gasteiger partial charge in [0.15, 0.2) is 0 Å². The molecule has 5 nitrogen and oxygen atoms in total. The number of nitrogens with zero attached hydrogens (tertiary/aromatic N) is 1. The van der Waals surface area contributed by atoms with Crippen LogP contribution < -0.4 is 11.1 Å². The van der Waals surface area contributed by atoms with Crippen molar-refractivity contribution in [1.82, 2.24) is 5.32 Å². The van der Waals surface area contributed by atoms with Crippen LogP contribution >= 0.6 is 0 Å². The zero-order valence-corrected chi connectivity index (χ0v) is 7.35. The van der Waals surface area contributed by atoms with Crippen molar-refractivity contribution < 1.29 is 4.79 Å². The number of nitrogens with one attached hydrogen (secondary N) is 2. The Morgan fingerprint density at radius 1 is 1.58 bits per heavy atom. The van der Waals surface area contributed by atoms with Gasteiger partial charge in [-0.1, -0.05) is 6.92 Å². The summed E-state index contributed by atoms with van der Waals surface area (Å²) in [6.45, 7) is 4.16. The fraction of sp³-hybridized carbons (Fsp3) is 0.571. The van der Waals surface area contributed by atoms with Gasteiger partial charge in [0.05, 0.1) is 0 Å². The average Bonchev–Trinajstić information content (AvgIpc) is 2.00. The third-order valence-electron chi connectivity index (χ3n) is 1.19. The third-order valence-corrected chi connectivity index (χ3v) is 1.19. The molecule has 0 fully saturated rings. The Labute approximate surface area is 71.6 Å². The fourth-order valence-electron chi connectivity index (χ4n) is 0.698. The molecule has 0 unspecified atom stereocenters. The monoisotopic (exact) mass is 170 g/mol. The Hall–Kier alpha value is -1.39. The quantitative estimate of drug-likeness (QED) is 0.406. The Morgan fingerprint density at radius 3 is 2.50 bits per heavy atom. The van der Waals surface area contributed by atoms with Gasteiger partial charge in [-0.05, 0) is 13.3 Å². The van der Waals surface area contributed by atoms with Crippen molar-refractivity contribution in [1.29, 1.82) is 5.41 Å². The molecule has 68 valence electrons. The number of nitrogens with two attached hydrogens (primary N) is 1. The van der Waals surface area contributed by atoms with E-state index in [4.69, 9.17) is 11.1 Å². The SMILES string of the molecule is CCNC(=O)C(CC)=NC(=N)N. The predicted molar refractivity (Wildman–Crippen MR) is 48.3 cm³/mol. The van der Waals surface area contributed by atoms with Crippen molar-refractivity contribution in [3.05, 3.63) is 0 Å². The van der Waals surface area contributed by atoms with E-state index in [2.05, 4.69) is 10.3 Å². The van der Waals surface area contributed by atoms with Gasteiger partial charge in [0, 0.05) is 6.54 Å². The second kappa shape index (κ2) is 5.29. The second-order valence-corrected chi connectivity index (χ2v) is 2.16. The van der Waals surface area contributed by atoms with Gasteiger partial charge >= 0.3 is 0 Å². The minimum atomic E-state index is -0.335. The largest absolute Gasteiger partial charge is 0.368 e. The van der Waals surface area contributed by atoms with Crippen LogP contribution in [-0.4, -0.2) is 24.1 Å². The van der Waals surface area contributed by atoms with Crippen LogP contribution in [0.25, 0.3) is 0 Å². The highest BCUT2D eigenvalue weighted by molar-refractivity contribution is 6.40. The molecule has 0 aromatic carbocycles. The first-order chi connectivity index (χ1) is 5.61. The highest BCUT2D eigenvalue weighted by atomic mass is 16.1. The summed E-state index contributed by atoms with van der Waals surface area (Å²) in [5, 5.41) is 9.44. The van der Waals surface area contributed by atoms with Crippen LogP contribution in [0.15, 0.2) is 4.99 Å². The molecule has 0 aliphatic heterocycles. The first kappa shape index (κ1) is 10.6. The molecule has 0 aromatic rings. The minimum Gasteiger partial charge on any atom is -0.368 e. The van der Waals surface area contributed by atoms with Crippen molar-refractivity contribution in [2.45, 2.75) is 20.3 Å².